The molecule has 0 spiro atoms. The average molecular weight is 396 g/mol. The lowest BCUT2D eigenvalue weighted by atomic mass is 10.1. The van der Waals surface area contributed by atoms with Gasteiger partial charge < -0.3 is 24.8 Å². The Hall–Kier alpha value is -2.83. The Morgan fingerprint density at radius 2 is 2.19 bits per heavy atom. The van der Waals surface area contributed by atoms with Crippen molar-refractivity contribution in [2.75, 3.05) is 5.73 Å². The van der Waals surface area contributed by atoms with Crippen molar-refractivity contribution >= 4 is 34.6 Å². The minimum atomic E-state index is -1.28. The number of aromatic nitrogens is 6. The summed E-state index contributed by atoms with van der Waals surface area (Å²) in [7, 11) is 0. The molecule has 1 fully saturated rings. The van der Waals surface area contributed by atoms with Crippen molar-refractivity contribution in [2.45, 2.75) is 38.4 Å². The molecule has 1 aliphatic heterocycles. The molecule has 0 amide bonds. The molecule has 142 valence electrons. The third-order valence-electron chi connectivity index (χ3n) is 4.00. The van der Waals surface area contributed by atoms with Gasteiger partial charge in [-0.25, -0.2) is 4.98 Å². The van der Waals surface area contributed by atoms with Crippen LogP contribution in [0.5, 0.6) is 0 Å². The second kappa shape index (κ2) is 6.40. The van der Waals surface area contributed by atoms with E-state index in [1.165, 1.54) is 17.8 Å². The van der Waals surface area contributed by atoms with Crippen LogP contribution in [0.4, 0.5) is 5.82 Å². The van der Waals surface area contributed by atoms with E-state index in [0.29, 0.717) is 5.82 Å². The monoisotopic (exact) mass is 395 g/mol. The molecule has 0 aromatic carbocycles. The van der Waals surface area contributed by atoms with Gasteiger partial charge in [0.2, 0.25) is 5.28 Å². The van der Waals surface area contributed by atoms with Crippen LogP contribution in [-0.2, 0) is 14.3 Å². The quantitative estimate of drug-likeness (QED) is 0.463. The lowest BCUT2D eigenvalue weighted by Crippen LogP contribution is -2.33. The molecule has 0 saturated carbocycles. The van der Waals surface area contributed by atoms with E-state index in [4.69, 9.17) is 31.3 Å². The van der Waals surface area contributed by atoms with E-state index in [9.17, 15) is 9.90 Å². The number of carbonyl (C=O) groups is 1. The molecule has 4 heterocycles. The first-order valence-electron chi connectivity index (χ1n) is 7.81. The number of rotatable bonds is 3. The van der Waals surface area contributed by atoms with Gasteiger partial charge in [0, 0.05) is 6.92 Å². The van der Waals surface area contributed by atoms with Gasteiger partial charge in [-0.2, -0.15) is 15.0 Å². The van der Waals surface area contributed by atoms with Crippen LogP contribution in [0.3, 0.4) is 0 Å². The van der Waals surface area contributed by atoms with E-state index >= 15 is 0 Å². The number of imidazole rings is 1. The molecular weight excluding hydrogens is 382 g/mol. The van der Waals surface area contributed by atoms with Crippen LogP contribution in [0.15, 0.2) is 10.9 Å². The van der Waals surface area contributed by atoms with Gasteiger partial charge in [0.1, 0.15) is 11.6 Å². The van der Waals surface area contributed by atoms with Gasteiger partial charge in [-0.05, 0) is 18.5 Å². The SMILES string of the molecule is CC(=O)O[C@H]1[C@@H](O)[C@H](n2cnc3c(N)nc(Cl)nc32)O[C@@H]1c1nc(C)no1. The minimum absolute atomic E-state index is 0.0666. The fourth-order valence-corrected chi connectivity index (χ4v) is 3.10. The molecule has 1 aliphatic rings. The molecule has 3 N–H and O–H groups in total. The molecule has 27 heavy (non-hydrogen) atoms. The highest BCUT2D eigenvalue weighted by atomic mass is 35.5. The fraction of sp³-hybridized carbons (Fsp3) is 0.429. The summed E-state index contributed by atoms with van der Waals surface area (Å²) in [5.41, 5.74) is 6.34. The maximum absolute atomic E-state index is 11.5. The maximum Gasteiger partial charge on any atom is 0.303 e. The van der Waals surface area contributed by atoms with Crippen molar-refractivity contribution in [2.24, 2.45) is 0 Å². The van der Waals surface area contributed by atoms with Crippen LogP contribution < -0.4 is 5.73 Å². The van der Waals surface area contributed by atoms with E-state index in [-0.39, 0.29) is 28.2 Å². The smallest absolute Gasteiger partial charge is 0.303 e. The van der Waals surface area contributed by atoms with Crippen molar-refractivity contribution in [3.05, 3.63) is 23.3 Å². The summed E-state index contributed by atoms with van der Waals surface area (Å²) >= 11 is 5.87. The van der Waals surface area contributed by atoms with Gasteiger partial charge in [0.05, 0.1) is 6.33 Å². The average Bonchev–Trinajstić information content (AvgIpc) is 3.26. The zero-order chi connectivity index (χ0) is 19.3. The molecule has 12 nitrogen and oxygen atoms in total. The van der Waals surface area contributed by atoms with Crippen LogP contribution >= 0.6 is 11.6 Å². The molecule has 0 aliphatic carbocycles. The number of nitrogen functional groups attached to an aromatic ring is 1. The Balaban J connectivity index is 1.76. The first-order valence-corrected chi connectivity index (χ1v) is 8.19. The predicted molar refractivity (Wildman–Crippen MR) is 88.2 cm³/mol. The Morgan fingerprint density at radius 3 is 2.85 bits per heavy atom. The summed E-state index contributed by atoms with van der Waals surface area (Å²) in [6.07, 6.45) is -3.01. The number of aliphatic hydroxyl groups is 1. The van der Waals surface area contributed by atoms with Gasteiger partial charge in [0.25, 0.3) is 5.89 Å². The molecule has 4 atom stereocenters. The Morgan fingerprint density at radius 1 is 1.41 bits per heavy atom. The standard InChI is InChI=1S/C14H14ClN7O5/c1-4-18-12(27-21-4)9-8(25-5(2)23)7(24)13(26-9)22-3-17-6-10(16)19-14(15)20-11(6)22/h3,7-9,13,24H,1-2H3,(H2,16,19,20)/t7-,8+,9+,13-/m1/s1. The molecule has 1 saturated heterocycles. The van der Waals surface area contributed by atoms with Crippen LogP contribution in [-0.4, -0.2) is 52.9 Å². The summed E-state index contributed by atoms with van der Waals surface area (Å²) in [5.74, 6) is -0.0862. The van der Waals surface area contributed by atoms with Gasteiger partial charge in [0.15, 0.2) is 35.7 Å². The van der Waals surface area contributed by atoms with Gasteiger partial charge in [-0.3, -0.25) is 9.36 Å². The number of halogens is 1. The maximum atomic E-state index is 11.5. The molecule has 13 heteroatoms. The van der Waals surface area contributed by atoms with Crippen molar-refractivity contribution in [3.8, 4) is 0 Å². The first-order chi connectivity index (χ1) is 12.8. The highest BCUT2D eigenvalue weighted by Crippen LogP contribution is 2.41. The van der Waals surface area contributed by atoms with Crippen LogP contribution in [0.1, 0.15) is 31.0 Å². The lowest BCUT2D eigenvalue weighted by Gasteiger charge is -2.18. The number of anilines is 1. The molecule has 0 unspecified atom stereocenters. The summed E-state index contributed by atoms with van der Waals surface area (Å²) < 4.78 is 17.6. The number of hydrogen-bond donors (Lipinski definition) is 2. The van der Waals surface area contributed by atoms with Crippen LogP contribution in [0.2, 0.25) is 5.28 Å². The van der Waals surface area contributed by atoms with Crippen molar-refractivity contribution in [3.63, 3.8) is 0 Å². The van der Waals surface area contributed by atoms with Crippen molar-refractivity contribution in [1.82, 2.24) is 29.7 Å². The number of carbonyl (C=O) groups excluding carboxylic acids is 1. The fourth-order valence-electron chi connectivity index (χ4n) is 2.93. The van der Waals surface area contributed by atoms with Crippen molar-refractivity contribution in [1.29, 1.82) is 0 Å². The molecule has 3 aromatic heterocycles. The number of aliphatic hydroxyl groups excluding tert-OH is 1. The van der Waals surface area contributed by atoms with E-state index in [0.717, 1.165) is 0 Å². The molecule has 4 rings (SSSR count). The molecule has 0 radical (unpaired) electrons. The van der Waals surface area contributed by atoms with Gasteiger partial charge in [-0.1, -0.05) is 5.16 Å². The van der Waals surface area contributed by atoms with E-state index in [1.54, 1.807) is 6.92 Å². The number of ether oxygens (including phenoxy) is 2. The van der Waals surface area contributed by atoms with E-state index in [1.807, 2.05) is 0 Å². The Labute approximate surface area is 156 Å². The number of esters is 1. The summed E-state index contributed by atoms with van der Waals surface area (Å²) in [6.45, 7) is 2.85. The van der Waals surface area contributed by atoms with E-state index in [2.05, 4.69) is 25.1 Å². The van der Waals surface area contributed by atoms with Gasteiger partial charge >= 0.3 is 5.97 Å². The first kappa shape index (κ1) is 17.6. The Bertz CT molecular complexity index is 1020. The summed E-state index contributed by atoms with van der Waals surface area (Å²) in [5, 5.41) is 14.4. The zero-order valence-corrected chi connectivity index (χ0v) is 14.9. The second-order valence-electron chi connectivity index (χ2n) is 5.89. The number of aryl methyl sites for hydroxylation is 1. The van der Waals surface area contributed by atoms with Gasteiger partial charge in [-0.15, -0.1) is 0 Å². The molecule has 0 bridgehead atoms. The highest BCUT2D eigenvalue weighted by Gasteiger charge is 2.50. The number of nitrogens with zero attached hydrogens (tertiary/aromatic N) is 6. The number of hydrogen-bond acceptors (Lipinski definition) is 11. The minimum Gasteiger partial charge on any atom is -0.456 e. The van der Waals surface area contributed by atoms with Crippen LogP contribution in [0.25, 0.3) is 11.2 Å². The topological polar surface area (TPSA) is 164 Å². The van der Waals surface area contributed by atoms with Crippen molar-refractivity contribution < 1.29 is 23.9 Å². The largest absolute Gasteiger partial charge is 0.456 e. The lowest BCUT2D eigenvalue weighted by molar-refractivity contribution is -0.153. The third-order valence-corrected chi connectivity index (χ3v) is 4.17. The highest BCUT2D eigenvalue weighted by molar-refractivity contribution is 6.28. The number of nitrogens with two attached hydrogens (primary N) is 1. The molecule has 3 aromatic rings. The van der Waals surface area contributed by atoms with Crippen LogP contribution in [0, 0.1) is 6.92 Å². The second-order valence-corrected chi connectivity index (χ2v) is 6.23. The summed E-state index contributed by atoms with van der Waals surface area (Å²) in [4.78, 5) is 27.6. The molecular formula is C14H14ClN7O5. The summed E-state index contributed by atoms with van der Waals surface area (Å²) in [6, 6.07) is 0. The third kappa shape index (κ3) is 2.97. The number of fused-ring (bicyclic) bond motifs is 1. The Kier molecular flexibility index (Phi) is 4.17. The zero-order valence-electron chi connectivity index (χ0n) is 14.1. The van der Waals surface area contributed by atoms with E-state index < -0.39 is 30.5 Å². The normalized spacial score (nSPS) is 25.2. The predicted octanol–water partition coefficient (Wildman–Crippen LogP) is 0.316.